The van der Waals surface area contributed by atoms with E-state index in [0.29, 0.717) is 30.6 Å². The molecule has 2 rings (SSSR count). The van der Waals surface area contributed by atoms with Crippen molar-refractivity contribution in [2.75, 3.05) is 19.7 Å². The molecule has 0 bridgehead atoms. The van der Waals surface area contributed by atoms with Gasteiger partial charge < -0.3 is 15.1 Å². The number of aliphatic hydroxyl groups is 2. The number of likely N-dealkylation sites (tertiary alicyclic amines) is 1. The van der Waals surface area contributed by atoms with E-state index in [1.165, 1.54) is 0 Å². The molecule has 5 nitrogen and oxygen atoms in total. The van der Waals surface area contributed by atoms with E-state index in [9.17, 15) is 9.90 Å². The maximum absolute atomic E-state index is 12.6. The first-order valence-electron chi connectivity index (χ1n) is 7.14. The number of piperidine rings is 1. The highest BCUT2D eigenvalue weighted by atomic mass is 16.3. The minimum absolute atomic E-state index is 0.00719. The average molecular weight is 288 g/mol. The summed E-state index contributed by atoms with van der Waals surface area (Å²) < 4.78 is 0. The molecule has 2 heterocycles. The van der Waals surface area contributed by atoms with Crippen molar-refractivity contribution in [1.29, 1.82) is 0 Å². The van der Waals surface area contributed by atoms with E-state index >= 15 is 0 Å². The lowest BCUT2D eigenvalue weighted by molar-refractivity contribution is 0.0248. The number of carbonyl (C=O) groups is 1. The summed E-state index contributed by atoms with van der Waals surface area (Å²) in [6.07, 6.45) is 3.80. The van der Waals surface area contributed by atoms with Crippen molar-refractivity contribution >= 4 is 5.91 Å². The van der Waals surface area contributed by atoms with Crippen molar-refractivity contribution in [3.63, 3.8) is 0 Å². The molecule has 0 spiro atoms. The van der Waals surface area contributed by atoms with E-state index in [1.54, 1.807) is 23.4 Å². The third-order valence-corrected chi connectivity index (χ3v) is 3.72. The molecule has 1 aliphatic heterocycles. The van der Waals surface area contributed by atoms with Crippen LogP contribution in [0, 0.1) is 17.8 Å². The Morgan fingerprint density at radius 2 is 2.38 bits per heavy atom. The number of nitrogens with zero attached hydrogens (tertiary/aromatic N) is 2. The summed E-state index contributed by atoms with van der Waals surface area (Å²) >= 11 is 0. The van der Waals surface area contributed by atoms with Gasteiger partial charge in [0.2, 0.25) is 0 Å². The quantitative estimate of drug-likeness (QED) is 0.784. The van der Waals surface area contributed by atoms with Gasteiger partial charge in [0.05, 0.1) is 23.8 Å². The Morgan fingerprint density at radius 1 is 1.57 bits per heavy atom. The van der Waals surface area contributed by atoms with E-state index < -0.39 is 6.10 Å². The molecule has 2 N–H and O–H groups in total. The zero-order chi connectivity index (χ0) is 15.2. The van der Waals surface area contributed by atoms with Crippen molar-refractivity contribution in [2.45, 2.75) is 25.9 Å². The third kappa shape index (κ3) is 3.81. The number of rotatable bonds is 2. The number of β-amino-alcohol motifs (C(OH)–C–C–N with tert-alkyl or cyclic N) is 1. The molecule has 1 aromatic heterocycles. The van der Waals surface area contributed by atoms with Crippen LogP contribution in [0.4, 0.5) is 0 Å². The van der Waals surface area contributed by atoms with Crippen molar-refractivity contribution in [3.8, 4) is 11.8 Å². The fraction of sp³-hybridized carbons (Fsp3) is 0.500. The lowest BCUT2D eigenvalue weighted by atomic mass is 9.95. The zero-order valence-electron chi connectivity index (χ0n) is 12.1. The molecule has 0 radical (unpaired) electrons. The molecule has 1 aromatic rings. The number of pyridine rings is 1. The predicted molar refractivity (Wildman–Crippen MR) is 78.5 cm³/mol. The van der Waals surface area contributed by atoms with Gasteiger partial charge in [0.25, 0.3) is 5.91 Å². The fourth-order valence-electron chi connectivity index (χ4n) is 2.30. The molecule has 2 unspecified atom stereocenters. The Kier molecular flexibility index (Phi) is 5.32. The molecular formula is C16H20N2O3. The Hall–Kier alpha value is -1.90. The number of hydrogen-bond donors (Lipinski definition) is 2. The molecule has 1 aliphatic rings. The molecule has 112 valence electrons. The van der Waals surface area contributed by atoms with Crippen molar-refractivity contribution in [2.24, 2.45) is 5.92 Å². The summed E-state index contributed by atoms with van der Waals surface area (Å²) in [7, 11) is 0. The highest BCUT2D eigenvalue weighted by Gasteiger charge is 2.28. The van der Waals surface area contributed by atoms with Crippen LogP contribution in [-0.2, 0) is 0 Å². The molecule has 1 fully saturated rings. The number of hydrogen-bond acceptors (Lipinski definition) is 4. The van der Waals surface area contributed by atoms with E-state index in [0.717, 1.165) is 6.42 Å². The topological polar surface area (TPSA) is 73.7 Å². The first kappa shape index (κ1) is 15.5. The van der Waals surface area contributed by atoms with Gasteiger partial charge in [-0.2, -0.15) is 0 Å². The molecule has 1 saturated heterocycles. The van der Waals surface area contributed by atoms with Gasteiger partial charge in [-0.25, -0.2) is 0 Å². The van der Waals surface area contributed by atoms with Crippen molar-refractivity contribution < 1.29 is 15.0 Å². The van der Waals surface area contributed by atoms with Crippen LogP contribution in [-0.4, -0.2) is 51.8 Å². The minimum atomic E-state index is -0.478. The summed E-state index contributed by atoms with van der Waals surface area (Å²) in [5.74, 6) is 5.77. The Bertz CT molecular complexity index is 562. The highest BCUT2D eigenvalue weighted by molar-refractivity contribution is 5.96. The van der Waals surface area contributed by atoms with Crippen molar-refractivity contribution in [1.82, 2.24) is 9.88 Å². The molecule has 21 heavy (non-hydrogen) atoms. The number of amides is 1. The maximum atomic E-state index is 12.6. The fourth-order valence-corrected chi connectivity index (χ4v) is 2.30. The highest BCUT2D eigenvalue weighted by Crippen LogP contribution is 2.19. The normalized spacial score (nSPS) is 21.6. The Balaban J connectivity index is 2.18. The lowest BCUT2D eigenvalue weighted by Crippen LogP contribution is -2.46. The maximum Gasteiger partial charge on any atom is 0.255 e. The summed E-state index contributed by atoms with van der Waals surface area (Å²) in [6, 6.07) is 1.65. The van der Waals surface area contributed by atoms with Gasteiger partial charge in [-0.1, -0.05) is 18.8 Å². The predicted octanol–water partition coefficient (Wildman–Crippen LogP) is 0.658. The number of aromatic nitrogens is 1. The van der Waals surface area contributed by atoms with Crippen LogP contribution >= 0.6 is 0 Å². The SMILES string of the molecule is CC1CCN(C(=O)c2ccncc2C#CCCO)CC1O. The molecule has 0 saturated carbocycles. The Morgan fingerprint density at radius 3 is 3.10 bits per heavy atom. The van der Waals surface area contributed by atoms with Gasteiger partial charge in [0.15, 0.2) is 0 Å². The second-order valence-electron chi connectivity index (χ2n) is 5.28. The summed E-state index contributed by atoms with van der Waals surface area (Å²) in [5.41, 5.74) is 1.06. The number of carbonyl (C=O) groups excluding carboxylic acids is 1. The summed E-state index contributed by atoms with van der Waals surface area (Å²) in [5, 5.41) is 18.7. The van der Waals surface area contributed by atoms with Crippen molar-refractivity contribution in [3.05, 3.63) is 29.6 Å². The second kappa shape index (κ2) is 7.21. The van der Waals surface area contributed by atoms with E-state index in [-0.39, 0.29) is 18.4 Å². The summed E-state index contributed by atoms with van der Waals surface area (Å²) in [4.78, 5) is 18.2. The van der Waals surface area contributed by atoms with Crippen LogP contribution < -0.4 is 0 Å². The molecule has 1 amide bonds. The third-order valence-electron chi connectivity index (χ3n) is 3.72. The molecular weight excluding hydrogens is 268 g/mol. The minimum Gasteiger partial charge on any atom is -0.395 e. The van der Waals surface area contributed by atoms with Gasteiger partial charge in [-0.05, 0) is 18.4 Å². The zero-order valence-corrected chi connectivity index (χ0v) is 12.1. The van der Waals surface area contributed by atoms with Crippen LogP contribution in [0.2, 0.25) is 0 Å². The van der Waals surface area contributed by atoms with Crippen LogP contribution in [0.15, 0.2) is 18.5 Å². The smallest absolute Gasteiger partial charge is 0.255 e. The first-order valence-corrected chi connectivity index (χ1v) is 7.14. The van der Waals surface area contributed by atoms with Gasteiger partial charge in [-0.15, -0.1) is 0 Å². The Labute approximate surface area is 124 Å². The van der Waals surface area contributed by atoms with E-state index in [2.05, 4.69) is 16.8 Å². The van der Waals surface area contributed by atoms with Gasteiger partial charge >= 0.3 is 0 Å². The standard InChI is InChI=1S/C16H20N2O3/c1-12-6-8-18(11-15(12)20)16(21)14-5-7-17-10-13(14)4-2-3-9-19/h5,7,10,12,15,19-20H,3,6,8-9,11H2,1H3. The largest absolute Gasteiger partial charge is 0.395 e. The van der Waals surface area contributed by atoms with Gasteiger partial charge in [0.1, 0.15) is 0 Å². The molecule has 0 aliphatic carbocycles. The molecule has 5 heteroatoms. The molecule has 2 atom stereocenters. The van der Waals surface area contributed by atoms with Gasteiger partial charge in [-0.3, -0.25) is 9.78 Å². The lowest BCUT2D eigenvalue weighted by Gasteiger charge is -2.34. The van der Waals surface area contributed by atoms with Crippen LogP contribution in [0.3, 0.4) is 0 Å². The van der Waals surface area contributed by atoms with Crippen LogP contribution in [0.25, 0.3) is 0 Å². The van der Waals surface area contributed by atoms with E-state index in [1.807, 2.05) is 6.92 Å². The number of aliphatic hydroxyl groups excluding tert-OH is 2. The second-order valence-corrected chi connectivity index (χ2v) is 5.28. The van der Waals surface area contributed by atoms with Gasteiger partial charge in [0, 0.05) is 31.9 Å². The first-order chi connectivity index (χ1) is 10.1. The monoisotopic (exact) mass is 288 g/mol. The van der Waals surface area contributed by atoms with Crippen LogP contribution in [0.1, 0.15) is 35.7 Å². The molecule has 0 aromatic carbocycles. The van der Waals surface area contributed by atoms with Crippen LogP contribution in [0.5, 0.6) is 0 Å². The van der Waals surface area contributed by atoms with E-state index in [4.69, 9.17) is 5.11 Å². The summed E-state index contributed by atoms with van der Waals surface area (Å²) in [6.45, 7) is 2.98. The average Bonchev–Trinajstić information content (AvgIpc) is 2.50.